The molecule has 300 valence electrons. The number of allylic oxidation sites excluding steroid dienone is 16. The van der Waals surface area contributed by atoms with Crippen LogP contribution in [0.5, 0.6) is 0 Å². The van der Waals surface area contributed by atoms with Crippen molar-refractivity contribution in [2.75, 3.05) is 0 Å². The highest BCUT2D eigenvalue weighted by atomic mass is 15.2. The second kappa shape index (κ2) is 16.4. The first-order valence-corrected chi connectivity index (χ1v) is 21.4. The number of rotatable bonds is 7. The summed E-state index contributed by atoms with van der Waals surface area (Å²) < 4.78 is 0. The van der Waals surface area contributed by atoms with Crippen LogP contribution in [0.3, 0.4) is 0 Å². The molecule has 2 aromatic rings. The number of hydrogen-bond acceptors (Lipinski definition) is 2. The van der Waals surface area contributed by atoms with Crippen molar-refractivity contribution in [3.8, 4) is 12.3 Å². The average molecular weight is 767 g/mol. The van der Waals surface area contributed by atoms with E-state index in [4.69, 9.17) is 6.42 Å². The average Bonchev–Trinajstić information content (AvgIpc) is 3.49. The number of terminal acetylenes is 1. The molecule has 0 radical (unpaired) electrons. The molecule has 1 fully saturated rings. The summed E-state index contributed by atoms with van der Waals surface area (Å²) in [5.41, 5.74) is 18.1. The number of nitrogens with one attached hydrogen (secondary N) is 1. The van der Waals surface area contributed by atoms with Gasteiger partial charge in [0, 0.05) is 28.4 Å². The van der Waals surface area contributed by atoms with Gasteiger partial charge in [0.1, 0.15) is 0 Å². The summed E-state index contributed by atoms with van der Waals surface area (Å²) in [5, 5.41) is 3.90. The van der Waals surface area contributed by atoms with E-state index in [1.54, 1.807) is 0 Å². The summed E-state index contributed by atoms with van der Waals surface area (Å²) >= 11 is 0. The lowest BCUT2D eigenvalue weighted by Crippen LogP contribution is -2.46. The van der Waals surface area contributed by atoms with Crippen LogP contribution in [0, 0.1) is 28.6 Å². The lowest BCUT2D eigenvalue weighted by molar-refractivity contribution is 0.420. The van der Waals surface area contributed by atoms with E-state index in [1.807, 2.05) is 6.08 Å². The first kappa shape index (κ1) is 42.7. The first-order valence-electron chi connectivity index (χ1n) is 21.4. The van der Waals surface area contributed by atoms with Gasteiger partial charge < -0.3 is 10.2 Å². The van der Waals surface area contributed by atoms with Gasteiger partial charge in [-0.1, -0.05) is 167 Å². The van der Waals surface area contributed by atoms with Crippen LogP contribution in [0.15, 0.2) is 149 Å². The zero-order valence-electron chi connectivity index (χ0n) is 37.7. The van der Waals surface area contributed by atoms with Crippen molar-refractivity contribution < 1.29 is 0 Å². The van der Waals surface area contributed by atoms with Crippen molar-refractivity contribution in [1.82, 2.24) is 10.2 Å². The maximum atomic E-state index is 6.21. The molecule has 0 saturated carbocycles. The minimum atomic E-state index is -0.160. The number of nitrogens with zero attached hydrogens (tertiary/aromatic N) is 1. The Morgan fingerprint density at radius 3 is 2.26 bits per heavy atom. The van der Waals surface area contributed by atoms with Crippen molar-refractivity contribution in [2.45, 2.75) is 121 Å². The van der Waals surface area contributed by atoms with Gasteiger partial charge in [0.15, 0.2) is 0 Å². The molecular weight excluding hydrogens is 699 g/mol. The number of benzene rings is 2. The standard InChI is InChI=1S/C55H67BN2/c1-15-20-43(22-19-32-52(3,4)5)58-44(30-26-39(16-2)53(6,7)8)36-56-49-34-41(55(12,13)14)27-31-46(49)47-33-38-21-17-18-23-45(38)48(47)35-51(58)50(56)37-57-42-28-24-40(25-29-42)54(9,10)11/h2,15,17-24,26-28,30-31,34-35,37,57H,1,25,29,32-33,36H2,3-14H3/b22-19-,39-26+,43-20+,44-30+,50-37-,51-35+. The molecule has 4 aliphatic rings. The summed E-state index contributed by atoms with van der Waals surface area (Å²) in [4.78, 5) is 2.50. The van der Waals surface area contributed by atoms with Crippen molar-refractivity contribution in [1.29, 1.82) is 0 Å². The van der Waals surface area contributed by atoms with E-state index in [-0.39, 0.29) is 28.4 Å². The Labute approximate surface area is 352 Å². The molecule has 1 saturated heterocycles. The molecular formula is C55H67BN2. The zero-order chi connectivity index (χ0) is 42.2. The highest BCUT2D eigenvalue weighted by Gasteiger charge is 2.41. The van der Waals surface area contributed by atoms with E-state index >= 15 is 0 Å². The van der Waals surface area contributed by atoms with Crippen molar-refractivity contribution in [3.63, 3.8) is 0 Å². The van der Waals surface area contributed by atoms with Crippen LogP contribution in [0.1, 0.15) is 125 Å². The number of hydrogen-bond donors (Lipinski definition) is 1. The van der Waals surface area contributed by atoms with Gasteiger partial charge in [-0.3, -0.25) is 0 Å². The van der Waals surface area contributed by atoms with E-state index in [1.165, 1.54) is 67.0 Å². The smallest absolute Gasteiger partial charge is 0.220 e. The molecule has 6 rings (SSSR count). The summed E-state index contributed by atoms with van der Waals surface area (Å²) in [6.07, 6.45) is 33.6. The van der Waals surface area contributed by atoms with Gasteiger partial charge in [0.25, 0.3) is 0 Å². The summed E-state index contributed by atoms with van der Waals surface area (Å²) in [6.45, 7) is 31.7. The van der Waals surface area contributed by atoms with Gasteiger partial charge in [-0.05, 0) is 135 Å². The van der Waals surface area contributed by atoms with Gasteiger partial charge in [-0.25, -0.2) is 0 Å². The third-order valence-electron chi connectivity index (χ3n) is 12.0. The van der Waals surface area contributed by atoms with E-state index in [0.717, 1.165) is 43.3 Å². The molecule has 2 aliphatic heterocycles. The van der Waals surface area contributed by atoms with Crippen LogP contribution in [0.4, 0.5) is 0 Å². The van der Waals surface area contributed by atoms with Crippen molar-refractivity contribution in [2.24, 2.45) is 16.2 Å². The predicted octanol–water partition coefficient (Wildman–Crippen LogP) is 13.6. The quantitative estimate of drug-likeness (QED) is 0.172. The molecule has 0 atom stereocenters. The maximum absolute atomic E-state index is 6.21. The third kappa shape index (κ3) is 9.34. The van der Waals surface area contributed by atoms with E-state index < -0.39 is 0 Å². The van der Waals surface area contributed by atoms with Crippen molar-refractivity contribution >= 4 is 23.3 Å². The summed E-state index contributed by atoms with van der Waals surface area (Å²) in [6, 6.07) is 16.3. The van der Waals surface area contributed by atoms with Crippen LogP contribution in [-0.4, -0.2) is 11.6 Å². The fourth-order valence-corrected chi connectivity index (χ4v) is 8.55. The van der Waals surface area contributed by atoms with Crippen molar-refractivity contribution in [3.05, 3.63) is 172 Å². The van der Waals surface area contributed by atoms with Gasteiger partial charge in [-0.15, -0.1) is 6.42 Å². The van der Waals surface area contributed by atoms with Crippen LogP contribution >= 0.6 is 0 Å². The van der Waals surface area contributed by atoms with Crippen LogP contribution in [0.25, 0.3) is 11.1 Å². The summed E-state index contributed by atoms with van der Waals surface area (Å²) in [5.74, 6) is 3.03. The molecule has 0 unspecified atom stereocenters. The summed E-state index contributed by atoms with van der Waals surface area (Å²) in [7, 11) is 0. The molecule has 2 nitrogen and oxygen atoms in total. The Balaban J connectivity index is 1.69. The molecule has 2 aliphatic carbocycles. The largest absolute Gasteiger partial charge is 0.365 e. The molecule has 0 spiro atoms. The van der Waals surface area contributed by atoms with Crippen LogP contribution in [0.2, 0.25) is 6.32 Å². The zero-order valence-corrected chi connectivity index (χ0v) is 37.7. The minimum absolute atomic E-state index is 0.00766. The molecule has 2 bridgehead atoms. The van der Waals surface area contributed by atoms with Gasteiger partial charge in [0.2, 0.25) is 6.71 Å². The van der Waals surface area contributed by atoms with E-state index in [0.29, 0.717) is 0 Å². The van der Waals surface area contributed by atoms with Gasteiger partial charge >= 0.3 is 0 Å². The first-order chi connectivity index (χ1) is 27.2. The Morgan fingerprint density at radius 1 is 0.897 bits per heavy atom. The van der Waals surface area contributed by atoms with Crippen LogP contribution in [-0.2, 0) is 11.8 Å². The Hall–Kier alpha value is -4.94. The molecule has 0 aromatic heterocycles. The topological polar surface area (TPSA) is 15.3 Å². The minimum Gasteiger partial charge on any atom is -0.365 e. The molecule has 3 heteroatoms. The highest BCUT2D eigenvalue weighted by Crippen LogP contribution is 2.47. The molecule has 2 heterocycles. The Bertz CT molecular complexity index is 2290. The molecule has 58 heavy (non-hydrogen) atoms. The fraction of sp³-hybridized carbons (Fsp3) is 0.382. The second-order valence-corrected chi connectivity index (χ2v) is 20.9. The third-order valence-corrected chi connectivity index (χ3v) is 12.0. The van der Waals surface area contributed by atoms with E-state index in [2.05, 4.69) is 203 Å². The highest BCUT2D eigenvalue weighted by molar-refractivity contribution is 6.82. The lowest BCUT2D eigenvalue weighted by atomic mass is 9.34. The Kier molecular flexibility index (Phi) is 12.0. The molecule has 0 amide bonds. The monoisotopic (exact) mass is 767 g/mol. The number of fused-ring (bicyclic) bond motifs is 7. The van der Waals surface area contributed by atoms with Crippen LogP contribution < -0.4 is 10.8 Å². The maximum Gasteiger partial charge on any atom is 0.220 e. The SMILES string of the molecule is C#C/C(=C\C=C1/CB2C(=C\NC3=CC=C(C(C)(C)C)CC3)/C(=C\C3=C(Cc4ccccc43)c3ccc(C(C)(C)C)cc32)N1C(/C=C\CC(C)(C)C)=C/C=C)C(C)(C)C. The molecule has 2 aromatic carbocycles. The second-order valence-electron chi connectivity index (χ2n) is 20.9. The van der Waals surface area contributed by atoms with Gasteiger partial charge in [-0.2, -0.15) is 0 Å². The molecule has 1 N–H and O–H groups in total. The lowest BCUT2D eigenvalue weighted by Gasteiger charge is -2.42. The predicted molar refractivity (Wildman–Crippen MR) is 254 cm³/mol. The van der Waals surface area contributed by atoms with Gasteiger partial charge in [0.05, 0.1) is 0 Å². The fourth-order valence-electron chi connectivity index (χ4n) is 8.55. The normalized spacial score (nSPS) is 20.2. The Morgan fingerprint density at radius 2 is 1.64 bits per heavy atom. The van der Waals surface area contributed by atoms with E-state index in [9.17, 15) is 0 Å².